The van der Waals surface area contributed by atoms with E-state index in [9.17, 15) is 0 Å². The molecule has 288 valence electrons. The predicted molar refractivity (Wildman–Crippen MR) is 256 cm³/mol. The number of nitrogens with one attached hydrogen (secondary N) is 1. The van der Waals surface area contributed by atoms with Gasteiger partial charge in [0.05, 0.1) is 6.04 Å². The Hall–Kier alpha value is -7.26. The fourth-order valence-corrected chi connectivity index (χ4v) is 9.12. The van der Waals surface area contributed by atoms with E-state index in [-0.39, 0.29) is 12.0 Å². The Bertz CT molecular complexity index is 3230. The highest BCUT2D eigenvalue weighted by Gasteiger charge is 2.21. The van der Waals surface area contributed by atoms with E-state index in [4.69, 9.17) is 11.0 Å². The van der Waals surface area contributed by atoms with Gasteiger partial charge >= 0.3 is 0 Å². The van der Waals surface area contributed by atoms with Crippen LogP contribution in [0.5, 0.6) is 0 Å². The SMILES string of the molecule is C=C[C@@H](NCC(C(=C)/C=C(\C)c1ccccc1)c1ccc2c(c1)oc1cccc(-c3ccccc3)c12)c1cccc(-c2ccc3c4ccccc4c4ccccc4c3c2)c1. The average molecular weight is 772 g/mol. The van der Waals surface area contributed by atoms with Crippen LogP contribution in [-0.2, 0) is 0 Å². The Labute approximate surface area is 351 Å². The Morgan fingerprint density at radius 3 is 1.85 bits per heavy atom. The molecule has 1 unspecified atom stereocenters. The Balaban J connectivity index is 0.995. The number of hydrogen-bond donors (Lipinski definition) is 1. The Morgan fingerprint density at radius 2 is 1.13 bits per heavy atom. The molecule has 0 saturated heterocycles. The minimum absolute atomic E-state index is 0.0379. The normalized spacial score (nSPS) is 13.0. The minimum atomic E-state index is -0.0898. The maximum Gasteiger partial charge on any atom is 0.136 e. The molecule has 0 spiro atoms. The van der Waals surface area contributed by atoms with Crippen LogP contribution in [-0.4, -0.2) is 6.54 Å². The van der Waals surface area contributed by atoms with E-state index in [1.807, 2.05) is 6.08 Å². The van der Waals surface area contributed by atoms with Crippen molar-refractivity contribution in [2.75, 3.05) is 6.54 Å². The molecule has 0 saturated carbocycles. The lowest BCUT2D eigenvalue weighted by Gasteiger charge is -2.23. The van der Waals surface area contributed by atoms with E-state index in [0.29, 0.717) is 6.54 Å². The minimum Gasteiger partial charge on any atom is -0.456 e. The lowest BCUT2D eigenvalue weighted by molar-refractivity contribution is 0.585. The second-order valence-corrected chi connectivity index (χ2v) is 15.8. The molecule has 1 heterocycles. The van der Waals surface area contributed by atoms with Crippen molar-refractivity contribution >= 4 is 59.8 Å². The summed E-state index contributed by atoms with van der Waals surface area (Å²) in [5, 5.41) is 13.8. The molecule has 0 aliphatic rings. The average Bonchev–Trinajstić information content (AvgIpc) is 3.69. The fourth-order valence-electron chi connectivity index (χ4n) is 9.12. The van der Waals surface area contributed by atoms with Gasteiger partial charge in [0.15, 0.2) is 0 Å². The molecule has 0 aliphatic heterocycles. The third-order valence-electron chi connectivity index (χ3n) is 12.2. The van der Waals surface area contributed by atoms with Crippen LogP contribution in [0.1, 0.15) is 35.6 Å². The van der Waals surface area contributed by atoms with Crippen molar-refractivity contribution in [1.82, 2.24) is 5.32 Å². The van der Waals surface area contributed by atoms with Gasteiger partial charge in [0.2, 0.25) is 0 Å². The van der Waals surface area contributed by atoms with Crippen molar-refractivity contribution in [3.05, 3.63) is 236 Å². The summed E-state index contributed by atoms with van der Waals surface area (Å²) in [6, 6.07) is 67.3. The summed E-state index contributed by atoms with van der Waals surface area (Å²) < 4.78 is 6.60. The van der Waals surface area contributed by atoms with Crippen LogP contribution in [0.15, 0.2) is 223 Å². The first-order chi connectivity index (χ1) is 29.5. The molecule has 0 radical (unpaired) electrons. The fraction of sp³-hybridized carbons (Fsp3) is 0.0690. The van der Waals surface area contributed by atoms with Gasteiger partial charge in [-0.1, -0.05) is 183 Å². The Kier molecular flexibility index (Phi) is 9.77. The number of allylic oxidation sites excluding steroid dienone is 2. The molecule has 9 aromatic carbocycles. The standard InChI is InChI=1S/C58H45NO/c1-4-55(45-22-15-21-42(34-45)43-29-31-51-49-25-12-11-23-47(49)48-24-13-14-26-50(48)53(51)35-43)59-37-54(39(3)33-38(2)40-17-7-5-8-18-40)44-30-32-52-57(36-44)60-56-28-16-27-46(58(52)56)41-19-9-6-10-20-41/h4-36,54-55,59H,1,3,37H2,2H3/b38-33+/t54?,55-/m1/s1. The molecule has 1 aromatic heterocycles. The second kappa shape index (κ2) is 15.8. The van der Waals surface area contributed by atoms with Crippen LogP contribution in [0.2, 0.25) is 0 Å². The largest absolute Gasteiger partial charge is 0.456 e. The summed E-state index contributed by atoms with van der Waals surface area (Å²) in [5.74, 6) is -0.0379. The van der Waals surface area contributed by atoms with Gasteiger partial charge in [-0.25, -0.2) is 0 Å². The van der Waals surface area contributed by atoms with Crippen molar-refractivity contribution in [2.24, 2.45) is 0 Å². The maximum atomic E-state index is 6.60. The lowest BCUT2D eigenvalue weighted by Crippen LogP contribution is -2.26. The van der Waals surface area contributed by atoms with Crippen LogP contribution in [0, 0.1) is 0 Å². The van der Waals surface area contributed by atoms with Crippen LogP contribution in [0.3, 0.4) is 0 Å². The first-order valence-electron chi connectivity index (χ1n) is 20.8. The zero-order chi connectivity index (χ0) is 40.6. The maximum absolute atomic E-state index is 6.60. The molecular weight excluding hydrogens is 727 g/mol. The highest BCUT2D eigenvalue weighted by atomic mass is 16.3. The van der Waals surface area contributed by atoms with Gasteiger partial charge in [0.1, 0.15) is 11.2 Å². The molecule has 60 heavy (non-hydrogen) atoms. The van der Waals surface area contributed by atoms with Crippen LogP contribution >= 0.6 is 0 Å². The molecule has 10 aromatic rings. The van der Waals surface area contributed by atoms with Crippen LogP contribution in [0.25, 0.3) is 82.1 Å². The number of benzene rings is 9. The van der Waals surface area contributed by atoms with E-state index in [2.05, 4.69) is 213 Å². The number of fused-ring (bicyclic) bond motifs is 9. The molecule has 1 N–H and O–H groups in total. The van der Waals surface area contributed by atoms with Crippen LogP contribution in [0.4, 0.5) is 0 Å². The molecule has 2 nitrogen and oxygen atoms in total. The van der Waals surface area contributed by atoms with E-state index in [1.54, 1.807) is 0 Å². The number of hydrogen-bond acceptors (Lipinski definition) is 2. The van der Waals surface area contributed by atoms with E-state index in [1.165, 1.54) is 65.7 Å². The predicted octanol–water partition coefficient (Wildman–Crippen LogP) is 15.6. The van der Waals surface area contributed by atoms with Crippen molar-refractivity contribution in [1.29, 1.82) is 0 Å². The van der Waals surface area contributed by atoms with Gasteiger partial charge in [-0.2, -0.15) is 0 Å². The van der Waals surface area contributed by atoms with E-state index in [0.717, 1.165) is 38.6 Å². The lowest BCUT2D eigenvalue weighted by atomic mass is 9.88. The molecule has 0 amide bonds. The summed E-state index contributed by atoms with van der Waals surface area (Å²) in [7, 11) is 0. The summed E-state index contributed by atoms with van der Waals surface area (Å²) in [6.45, 7) is 11.8. The van der Waals surface area contributed by atoms with Crippen molar-refractivity contribution in [3.8, 4) is 22.3 Å². The van der Waals surface area contributed by atoms with Gasteiger partial charge in [-0.05, 0) is 114 Å². The molecule has 2 atom stereocenters. The summed E-state index contributed by atoms with van der Waals surface area (Å²) >= 11 is 0. The topological polar surface area (TPSA) is 25.2 Å². The first kappa shape index (κ1) is 37.0. The molecular formula is C58H45NO. The van der Waals surface area contributed by atoms with Gasteiger partial charge < -0.3 is 9.73 Å². The van der Waals surface area contributed by atoms with Gasteiger partial charge in [-0.15, -0.1) is 6.58 Å². The smallest absolute Gasteiger partial charge is 0.136 e. The van der Waals surface area contributed by atoms with E-state index < -0.39 is 0 Å². The van der Waals surface area contributed by atoms with Crippen molar-refractivity contribution in [3.63, 3.8) is 0 Å². The van der Waals surface area contributed by atoms with Crippen molar-refractivity contribution in [2.45, 2.75) is 18.9 Å². The Morgan fingerprint density at radius 1 is 0.533 bits per heavy atom. The summed E-state index contributed by atoms with van der Waals surface area (Å²) in [6.07, 6.45) is 4.24. The van der Waals surface area contributed by atoms with Gasteiger partial charge in [0.25, 0.3) is 0 Å². The van der Waals surface area contributed by atoms with Crippen LogP contribution < -0.4 is 5.32 Å². The molecule has 0 bridgehead atoms. The molecule has 2 heteroatoms. The van der Waals surface area contributed by atoms with Crippen molar-refractivity contribution < 1.29 is 4.42 Å². The van der Waals surface area contributed by atoms with Gasteiger partial charge in [0, 0.05) is 23.2 Å². The molecule has 0 fully saturated rings. The van der Waals surface area contributed by atoms with Gasteiger partial charge in [-0.3, -0.25) is 0 Å². The summed E-state index contributed by atoms with van der Waals surface area (Å²) in [4.78, 5) is 0. The molecule has 0 aliphatic carbocycles. The zero-order valence-corrected chi connectivity index (χ0v) is 33.7. The number of rotatable bonds is 11. The highest BCUT2D eigenvalue weighted by molar-refractivity contribution is 6.25. The zero-order valence-electron chi connectivity index (χ0n) is 33.7. The monoisotopic (exact) mass is 771 g/mol. The molecule has 10 rings (SSSR count). The third-order valence-corrected chi connectivity index (χ3v) is 12.2. The summed E-state index contributed by atoms with van der Waals surface area (Å²) in [5.41, 5.74) is 12.2. The highest BCUT2D eigenvalue weighted by Crippen LogP contribution is 2.40. The quantitative estimate of drug-likeness (QED) is 0.0805. The van der Waals surface area contributed by atoms with E-state index >= 15 is 0 Å². The number of furan rings is 1. The third kappa shape index (κ3) is 6.81. The first-order valence-corrected chi connectivity index (χ1v) is 20.8. The second-order valence-electron chi connectivity index (χ2n) is 15.8.